The highest BCUT2D eigenvalue weighted by Gasteiger charge is 2.27. The average Bonchev–Trinajstić information content (AvgIpc) is 3.72. The van der Waals surface area contributed by atoms with Crippen LogP contribution in [-0.4, -0.2) is 0 Å². The van der Waals surface area contributed by atoms with Crippen LogP contribution in [0.25, 0.3) is 114 Å². The molecule has 0 aliphatic heterocycles. The van der Waals surface area contributed by atoms with E-state index in [-0.39, 0.29) is 0 Å². The first kappa shape index (κ1) is 28.6. The topological polar surface area (TPSA) is 28.1 Å². The van der Waals surface area contributed by atoms with Gasteiger partial charge >= 0.3 is 0 Å². The zero-order valence-electron chi connectivity index (χ0n) is 27.9. The molecule has 0 unspecified atom stereocenters. The average molecular weight is 655 g/mol. The van der Waals surface area contributed by atoms with Gasteiger partial charge in [-0.25, -0.2) is 4.85 Å². The third-order valence-corrected chi connectivity index (χ3v) is 11.2. The fourth-order valence-corrected chi connectivity index (χ4v) is 9.17. The van der Waals surface area contributed by atoms with Gasteiger partial charge in [0.2, 0.25) is 0 Å². The lowest BCUT2D eigenvalue weighted by molar-refractivity contribution is 1.49. The Morgan fingerprint density at radius 3 is 1.63 bits per heavy atom. The molecule has 0 saturated carbocycles. The van der Waals surface area contributed by atoms with Crippen LogP contribution in [0, 0.1) is 17.9 Å². The molecule has 0 N–H and O–H groups in total. The van der Waals surface area contributed by atoms with Gasteiger partial charge in [0.05, 0.1) is 12.6 Å². The van der Waals surface area contributed by atoms with Gasteiger partial charge in [-0.15, -0.1) is 0 Å². The van der Waals surface area contributed by atoms with Crippen LogP contribution < -0.4 is 0 Å². The van der Waals surface area contributed by atoms with Gasteiger partial charge in [0.15, 0.2) is 5.69 Å². The number of fused-ring (bicyclic) bond motifs is 8. The maximum Gasteiger partial charge on any atom is 0.188 e. The summed E-state index contributed by atoms with van der Waals surface area (Å²) < 4.78 is 0. The molecule has 2 nitrogen and oxygen atoms in total. The van der Waals surface area contributed by atoms with Gasteiger partial charge in [-0.05, 0) is 121 Å². The minimum Gasteiger partial charge on any atom is -0.238 e. The van der Waals surface area contributed by atoms with Crippen LogP contribution in [0.3, 0.4) is 0 Å². The van der Waals surface area contributed by atoms with Crippen molar-refractivity contribution in [1.29, 1.82) is 5.26 Å². The summed E-state index contributed by atoms with van der Waals surface area (Å²) in [6.45, 7) is 7.53. The Hall–Kier alpha value is -7.26. The third-order valence-electron chi connectivity index (χ3n) is 11.2. The molecule has 0 atom stereocenters. The van der Waals surface area contributed by atoms with Gasteiger partial charge in [0, 0.05) is 5.56 Å². The number of rotatable bonds is 3. The molecular weight excluding hydrogens is 629 g/mol. The number of hydrogen-bond acceptors (Lipinski definition) is 1. The predicted molar refractivity (Wildman–Crippen MR) is 219 cm³/mol. The van der Waals surface area contributed by atoms with E-state index in [4.69, 9.17) is 6.57 Å². The Labute approximate surface area is 299 Å². The van der Waals surface area contributed by atoms with Crippen LogP contribution in [-0.2, 0) is 0 Å². The minimum atomic E-state index is 0.468. The van der Waals surface area contributed by atoms with E-state index in [0.717, 1.165) is 16.5 Å². The molecule has 0 spiro atoms. The summed E-state index contributed by atoms with van der Waals surface area (Å²) in [4.78, 5) is 3.59. The summed E-state index contributed by atoms with van der Waals surface area (Å²) in [7, 11) is 0. The van der Waals surface area contributed by atoms with E-state index < -0.39 is 0 Å². The van der Waals surface area contributed by atoms with E-state index in [1.165, 1.54) is 92.3 Å². The van der Waals surface area contributed by atoms with Crippen LogP contribution in [0.15, 0.2) is 158 Å². The summed E-state index contributed by atoms with van der Waals surface area (Å²) in [6, 6.07) is 58.7. The first-order valence-corrected chi connectivity index (χ1v) is 17.5. The summed E-state index contributed by atoms with van der Waals surface area (Å²) >= 11 is 0. The van der Waals surface area contributed by atoms with Crippen molar-refractivity contribution >= 4 is 81.1 Å². The molecule has 11 rings (SSSR count). The second-order valence-corrected chi connectivity index (χ2v) is 13.7. The molecule has 2 heteroatoms. The van der Waals surface area contributed by atoms with Crippen molar-refractivity contribution in [3.05, 3.63) is 175 Å². The van der Waals surface area contributed by atoms with Gasteiger partial charge < -0.3 is 0 Å². The van der Waals surface area contributed by atoms with E-state index in [0.29, 0.717) is 11.3 Å². The molecule has 0 bridgehead atoms. The zero-order valence-corrected chi connectivity index (χ0v) is 27.9. The molecule has 0 radical (unpaired) electrons. The van der Waals surface area contributed by atoms with Crippen molar-refractivity contribution in [2.45, 2.75) is 0 Å². The van der Waals surface area contributed by atoms with Crippen molar-refractivity contribution in [2.75, 3.05) is 0 Å². The quantitative estimate of drug-likeness (QED) is 0.138. The van der Waals surface area contributed by atoms with Crippen molar-refractivity contribution < 1.29 is 0 Å². The molecule has 0 heterocycles. The lowest BCUT2D eigenvalue weighted by Crippen LogP contribution is -1.91. The van der Waals surface area contributed by atoms with E-state index >= 15 is 0 Å². The monoisotopic (exact) mass is 654 g/mol. The second kappa shape index (κ2) is 10.6. The molecule has 0 aliphatic rings. The Morgan fingerprint density at radius 1 is 0.385 bits per heavy atom. The summed E-state index contributed by atoms with van der Waals surface area (Å²) in [5.74, 6) is 0. The van der Waals surface area contributed by atoms with E-state index in [9.17, 15) is 5.26 Å². The molecule has 0 aliphatic carbocycles. The third kappa shape index (κ3) is 3.71. The minimum absolute atomic E-state index is 0.468. The first-order chi connectivity index (χ1) is 25.7. The fraction of sp³-hybridized carbons (Fsp3) is 0. The molecule has 0 saturated heterocycles. The summed E-state index contributed by atoms with van der Waals surface area (Å²) in [5.41, 5.74) is 7.67. The highest BCUT2D eigenvalue weighted by Crippen LogP contribution is 2.55. The van der Waals surface area contributed by atoms with Crippen molar-refractivity contribution in [3.63, 3.8) is 0 Å². The van der Waals surface area contributed by atoms with Crippen molar-refractivity contribution in [1.82, 2.24) is 0 Å². The van der Waals surface area contributed by atoms with Gasteiger partial charge in [-0.1, -0.05) is 146 Å². The van der Waals surface area contributed by atoms with Crippen LogP contribution in [0.5, 0.6) is 0 Å². The van der Waals surface area contributed by atoms with Crippen LogP contribution in [0.1, 0.15) is 5.56 Å². The predicted octanol–water partition coefficient (Wildman–Crippen LogP) is 14.1. The fourth-order valence-electron chi connectivity index (χ4n) is 9.17. The Morgan fingerprint density at radius 2 is 0.923 bits per heavy atom. The Balaban J connectivity index is 1.43. The van der Waals surface area contributed by atoms with E-state index in [1.807, 2.05) is 12.1 Å². The van der Waals surface area contributed by atoms with E-state index in [2.05, 4.69) is 150 Å². The highest BCUT2D eigenvalue weighted by molar-refractivity contribution is 6.45. The maximum atomic E-state index is 10.2. The Kier molecular flexibility index (Phi) is 5.83. The standard InChI is InChI=1S/C50H26N2/c1-52-32-22-23-33(31(26-32)28-51)36-24-25-41-46-38(36)19-11-21-40(46)49-44(29-12-4-2-5-13-29)43-27-42-35-17-9-8-16-34(35)37-18-10-20-39(47(37)42)48(43)45(50(41)49)30-14-6-3-7-15-30/h2-27H. The molecule has 0 fully saturated rings. The zero-order chi connectivity index (χ0) is 34.5. The molecule has 52 heavy (non-hydrogen) atoms. The largest absolute Gasteiger partial charge is 0.238 e. The SMILES string of the molecule is [C-]#[N+]c1ccc(-c2ccc3c4c(-c5ccccc5)c5c(cc6c7ccccc7c7cccc5c76)c(-c5ccccc5)c4c4cccc2c43)c(C#N)c1. The molecule has 11 aromatic carbocycles. The maximum absolute atomic E-state index is 10.2. The molecule has 0 aromatic heterocycles. The smallest absolute Gasteiger partial charge is 0.188 e. The molecule has 0 amide bonds. The first-order valence-electron chi connectivity index (χ1n) is 17.5. The van der Waals surface area contributed by atoms with Crippen LogP contribution in [0.4, 0.5) is 5.69 Å². The number of benzene rings is 9. The number of nitrogens with zero attached hydrogens (tertiary/aromatic N) is 2. The van der Waals surface area contributed by atoms with Crippen LogP contribution >= 0.6 is 0 Å². The lowest BCUT2D eigenvalue weighted by atomic mass is 9.84. The van der Waals surface area contributed by atoms with Gasteiger partial charge in [-0.2, -0.15) is 5.26 Å². The summed E-state index contributed by atoms with van der Waals surface area (Å²) in [6.07, 6.45) is 0. The van der Waals surface area contributed by atoms with Crippen LogP contribution in [0.2, 0.25) is 0 Å². The second-order valence-electron chi connectivity index (χ2n) is 13.7. The highest BCUT2D eigenvalue weighted by atomic mass is 14.6. The molecule has 11 aromatic rings. The molecular formula is C50H26N2. The molecule has 236 valence electrons. The van der Waals surface area contributed by atoms with Crippen molar-refractivity contribution in [2.24, 2.45) is 0 Å². The van der Waals surface area contributed by atoms with Crippen molar-refractivity contribution in [3.8, 4) is 39.4 Å². The van der Waals surface area contributed by atoms with E-state index in [1.54, 1.807) is 6.07 Å². The van der Waals surface area contributed by atoms with Gasteiger partial charge in [-0.3, -0.25) is 0 Å². The number of nitriles is 1. The van der Waals surface area contributed by atoms with Gasteiger partial charge in [0.25, 0.3) is 0 Å². The van der Waals surface area contributed by atoms with Gasteiger partial charge in [0.1, 0.15) is 0 Å². The normalized spacial score (nSPS) is 11.8. The lowest BCUT2D eigenvalue weighted by Gasteiger charge is -2.19. The summed E-state index contributed by atoms with van der Waals surface area (Å²) in [5, 5.41) is 27.6. The number of hydrogen-bond donors (Lipinski definition) is 0. The Bertz CT molecular complexity index is 3340.